The first kappa shape index (κ1) is 9.17. The van der Waals surface area contributed by atoms with Gasteiger partial charge < -0.3 is 4.90 Å². The van der Waals surface area contributed by atoms with E-state index in [-0.39, 0.29) is 0 Å². The summed E-state index contributed by atoms with van der Waals surface area (Å²) in [6.45, 7) is 9.09. The lowest BCUT2D eigenvalue weighted by molar-refractivity contribution is 0.240. The number of rotatable bonds is 2. The highest BCUT2D eigenvalue weighted by Gasteiger charge is 2.46. The maximum atomic E-state index is 2.76. The minimum absolute atomic E-state index is 0.707. The summed E-state index contributed by atoms with van der Waals surface area (Å²) in [7, 11) is 0. The summed E-state index contributed by atoms with van der Waals surface area (Å²) < 4.78 is 0. The zero-order valence-electron chi connectivity index (χ0n) is 9.34. The molecule has 1 spiro atoms. The first-order valence-electron chi connectivity index (χ1n) is 6.28. The van der Waals surface area contributed by atoms with Gasteiger partial charge in [-0.2, -0.15) is 0 Å². The van der Waals surface area contributed by atoms with Gasteiger partial charge in [0.05, 0.1) is 0 Å². The molecule has 1 saturated carbocycles. The molecule has 3 fully saturated rings. The highest BCUT2D eigenvalue weighted by Crippen LogP contribution is 2.43. The predicted molar refractivity (Wildman–Crippen MR) is 58.4 cm³/mol. The Balaban J connectivity index is 1.63. The molecule has 0 bridgehead atoms. The standard InChI is InChI=1S/C12H22N2/c1-2-13-7-5-12(9-13)6-8-14(10-12)11-3-4-11/h11H,2-10H2,1H3. The SMILES string of the molecule is CCN1CCC2(CCN(C3CC3)C2)C1. The summed E-state index contributed by atoms with van der Waals surface area (Å²) >= 11 is 0. The van der Waals surface area contributed by atoms with Crippen molar-refractivity contribution >= 4 is 0 Å². The number of likely N-dealkylation sites (tertiary alicyclic amines) is 2. The van der Waals surface area contributed by atoms with Crippen LogP contribution < -0.4 is 0 Å². The molecule has 0 aromatic carbocycles. The van der Waals surface area contributed by atoms with E-state index in [1.807, 2.05) is 0 Å². The van der Waals surface area contributed by atoms with Gasteiger partial charge in [0.15, 0.2) is 0 Å². The van der Waals surface area contributed by atoms with E-state index in [1.54, 1.807) is 0 Å². The fourth-order valence-corrected chi connectivity index (χ4v) is 3.35. The van der Waals surface area contributed by atoms with Crippen LogP contribution >= 0.6 is 0 Å². The van der Waals surface area contributed by atoms with E-state index in [4.69, 9.17) is 0 Å². The van der Waals surface area contributed by atoms with Crippen molar-refractivity contribution in [2.24, 2.45) is 5.41 Å². The van der Waals surface area contributed by atoms with Crippen molar-refractivity contribution in [3.05, 3.63) is 0 Å². The average Bonchev–Trinajstić information content (AvgIpc) is 2.87. The third kappa shape index (κ3) is 1.49. The average molecular weight is 194 g/mol. The van der Waals surface area contributed by atoms with Gasteiger partial charge in [0, 0.05) is 19.1 Å². The quantitative estimate of drug-likeness (QED) is 0.658. The van der Waals surface area contributed by atoms with E-state index in [2.05, 4.69) is 16.7 Å². The lowest BCUT2D eigenvalue weighted by atomic mass is 9.86. The second-order valence-electron chi connectivity index (χ2n) is 5.57. The number of hydrogen-bond acceptors (Lipinski definition) is 2. The molecule has 3 rings (SSSR count). The third-order valence-electron chi connectivity index (χ3n) is 4.50. The number of hydrogen-bond donors (Lipinski definition) is 0. The van der Waals surface area contributed by atoms with E-state index in [1.165, 1.54) is 58.4 Å². The minimum Gasteiger partial charge on any atom is -0.303 e. The van der Waals surface area contributed by atoms with Crippen LogP contribution in [0, 0.1) is 5.41 Å². The highest BCUT2D eigenvalue weighted by atomic mass is 15.2. The minimum atomic E-state index is 0.707. The van der Waals surface area contributed by atoms with Gasteiger partial charge >= 0.3 is 0 Å². The molecule has 2 nitrogen and oxygen atoms in total. The molecule has 2 aliphatic heterocycles. The third-order valence-corrected chi connectivity index (χ3v) is 4.50. The van der Waals surface area contributed by atoms with Crippen molar-refractivity contribution in [3.63, 3.8) is 0 Å². The predicted octanol–water partition coefficient (Wildman–Crippen LogP) is 1.57. The Morgan fingerprint density at radius 1 is 1.14 bits per heavy atom. The van der Waals surface area contributed by atoms with Gasteiger partial charge in [-0.3, -0.25) is 4.90 Å². The molecule has 80 valence electrons. The Hall–Kier alpha value is -0.0800. The summed E-state index contributed by atoms with van der Waals surface area (Å²) in [5.41, 5.74) is 0.707. The molecule has 2 heterocycles. The smallest absolute Gasteiger partial charge is 0.00966 e. The van der Waals surface area contributed by atoms with Crippen molar-refractivity contribution in [1.29, 1.82) is 0 Å². The van der Waals surface area contributed by atoms with E-state index in [0.29, 0.717) is 5.41 Å². The van der Waals surface area contributed by atoms with Crippen molar-refractivity contribution in [2.45, 2.75) is 38.6 Å². The van der Waals surface area contributed by atoms with Gasteiger partial charge in [-0.25, -0.2) is 0 Å². The van der Waals surface area contributed by atoms with Crippen LogP contribution in [0.2, 0.25) is 0 Å². The highest BCUT2D eigenvalue weighted by molar-refractivity contribution is 5.00. The molecule has 2 heteroatoms. The normalized spacial score (nSPS) is 40.1. The van der Waals surface area contributed by atoms with E-state index in [0.717, 1.165) is 6.04 Å². The Labute approximate surface area is 87.3 Å². The summed E-state index contributed by atoms with van der Waals surface area (Å²) in [5, 5.41) is 0. The van der Waals surface area contributed by atoms with Crippen molar-refractivity contribution in [1.82, 2.24) is 9.80 Å². The molecule has 1 unspecified atom stereocenters. The first-order valence-corrected chi connectivity index (χ1v) is 6.28. The Kier molecular flexibility index (Phi) is 2.10. The van der Waals surface area contributed by atoms with Crippen molar-refractivity contribution < 1.29 is 0 Å². The fourth-order valence-electron chi connectivity index (χ4n) is 3.35. The summed E-state index contributed by atoms with van der Waals surface area (Å²) in [6, 6.07) is 0.991. The van der Waals surface area contributed by atoms with Gasteiger partial charge in [-0.15, -0.1) is 0 Å². The second-order valence-corrected chi connectivity index (χ2v) is 5.57. The van der Waals surface area contributed by atoms with Crippen LogP contribution in [0.1, 0.15) is 32.6 Å². The Morgan fingerprint density at radius 3 is 2.57 bits per heavy atom. The van der Waals surface area contributed by atoms with Gasteiger partial charge in [0.25, 0.3) is 0 Å². The molecule has 14 heavy (non-hydrogen) atoms. The monoisotopic (exact) mass is 194 g/mol. The van der Waals surface area contributed by atoms with Crippen LogP contribution in [-0.2, 0) is 0 Å². The van der Waals surface area contributed by atoms with Gasteiger partial charge in [0.1, 0.15) is 0 Å². The molecule has 3 aliphatic rings. The van der Waals surface area contributed by atoms with Crippen LogP contribution in [0.15, 0.2) is 0 Å². The molecule has 0 N–H and O–H groups in total. The van der Waals surface area contributed by atoms with Crippen LogP contribution in [0.5, 0.6) is 0 Å². The zero-order valence-corrected chi connectivity index (χ0v) is 9.34. The molecule has 0 radical (unpaired) electrons. The molecule has 0 aromatic rings. The molecule has 1 aliphatic carbocycles. The maximum absolute atomic E-state index is 2.76. The topological polar surface area (TPSA) is 6.48 Å². The van der Waals surface area contributed by atoms with E-state index < -0.39 is 0 Å². The van der Waals surface area contributed by atoms with Crippen LogP contribution in [0.25, 0.3) is 0 Å². The Morgan fingerprint density at radius 2 is 1.93 bits per heavy atom. The molecular formula is C12H22N2. The first-order chi connectivity index (χ1) is 6.81. The molecule has 2 saturated heterocycles. The lowest BCUT2D eigenvalue weighted by Crippen LogP contribution is -2.31. The van der Waals surface area contributed by atoms with Crippen molar-refractivity contribution in [2.75, 3.05) is 32.7 Å². The van der Waals surface area contributed by atoms with Crippen molar-refractivity contribution in [3.8, 4) is 0 Å². The van der Waals surface area contributed by atoms with Gasteiger partial charge in [0.2, 0.25) is 0 Å². The van der Waals surface area contributed by atoms with E-state index >= 15 is 0 Å². The maximum Gasteiger partial charge on any atom is 0.00966 e. The zero-order chi connectivity index (χ0) is 9.60. The lowest BCUT2D eigenvalue weighted by Gasteiger charge is -2.24. The fraction of sp³-hybridized carbons (Fsp3) is 1.00. The van der Waals surface area contributed by atoms with Crippen LogP contribution in [-0.4, -0.2) is 48.6 Å². The van der Waals surface area contributed by atoms with E-state index in [9.17, 15) is 0 Å². The van der Waals surface area contributed by atoms with Crippen LogP contribution in [0.3, 0.4) is 0 Å². The largest absolute Gasteiger partial charge is 0.303 e. The molecule has 0 amide bonds. The van der Waals surface area contributed by atoms with Gasteiger partial charge in [-0.1, -0.05) is 6.92 Å². The molecule has 1 atom stereocenters. The van der Waals surface area contributed by atoms with Gasteiger partial charge in [-0.05, 0) is 50.7 Å². The van der Waals surface area contributed by atoms with Crippen LogP contribution in [0.4, 0.5) is 0 Å². The number of nitrogens with zero attached hydrogens (tertiary/aromatic N) is 2. The molecule has 0 aromatic heterocycles. The summed E-state index contributed by atoms with van der Waals surface area (Å²) in [5.74, 6) is 0. The second kappa shape index (κ2) is 3.21. The summed E-state index contributed by atoms with van der Waals surface area (Å²) in [6.07, 6.45) is 5.89. The molecular weight excluding hydrogens is 172 g/mol. The Bertz CT molecular complexity index is 224. The summed E-state index contributed by atoms with van der Waals surface area (Å²) in [4.78, 5) is 5.40.